The topological polar surface area (TPSA) is 58.8 Å². The number of benzene rings is 1. The summed E-state index contributed by atoms with van der Waals surface area (Å²) in [5.74, 6) is -0.629. The van der Waals surface area contributed by atoms with Gasteiger partial charge >= 0.3 is 5.97 Å². The first-order valence-electron chi connectivity index (χ1n) is 6.05. The number of aldehydes is 1. The van der Waals surface area contributed by atoms with Crippen molar-refractivity contribution < 1.29 is 19.6 Å². The van der Waals surface area contributed by atoms with Crippen molar-refractivity contribution in [3.63, 3.8) is 0 Å². The summed E-state index contributed by atoms with van der Waals surface area (Å²) in [6, 6.07) is 6.75. The van der Waals surface area contributed by atoms with Crippen molar-refractivity contribution in [1.82, 2.24) is 0 Å². The maximum Gasteiger partial charge on any atom is 0.335 e. The van der Waals surface area contributed by atoms with Crippen molar-refractivity contribution >= 4 is 12.3 Å². The highest BCUT2D eigenvalue weighted by atomic mass is 16.4. The Morgan fingerprint density at radius 3 is 2.28 bits per heavy atom. The maximum absolute atomic E-state index is 11.0. The lowest BCUT2D eigenvalue weighted by atomic mass is 10.0. The molecule has 0 radical (unpaired) electrons. The number of carbonyl (C=O) groups excluding carboxylic acids is 1. The summed E-state index contributed by atoms with van der Waals surface area (Å²) in [5, 5.41) is 8.81. The fraction of sp³-hybridized carbons (Fsp3) is 0.429. The molecule has 0 saturated carbocycles. The smallest absolute Gasteiger partial charge is 0.335 e. The fourth-order valence-electron chi connectivity index (χ4n) is 2.05. The molecule has 1 aromatic rings. The molecule has 1 unspecified atom stereocenters. The molecular weight excluding hydrogens is 230 g/mol. The molecular formula is C14H20NO3+. The second kappa shape index (κ2) is 6.31. The van der Waals surface area contributed by atoms with Gasteiger partial charge in [-0.1, -0.05) is 26.0 Å². The van der Waals surface area contributed by atoms with E-state index in [0.29, 0.717) is 12.5 Å². The quantitative estimate of drug-likeness (QED) is 0.728. The van der Waals surface area contributed by atoms with Gasteiger partial charge in [-0.05, 0) is 12.1 Å². The molecule has 4 nitrogen and oxygen atoms in total. The second-order valence-electron chi connectivity index (χ2n) is 4.93. The van der Waals surface area contributed by atoms with Crippen molar-refractivity contribution in [3.8, 4) is 0 Å². The number of hydrogen-bond donors (Lipinski definition) is 2. The number of hydrogen-bond acceptors (Lipinski definition) is 2. The third-order valence-corrected chi connectivity index (χ3v) is 3.12. The molecule has 0 heterocycles. The van der Waals surface area contributed by atoms with E-state index < -0.39 is 5.97 Å². The Bertz CT molecular complexity index is 412. The van der Waals surface area contributed by atoms with Crippen molar-refractivity contribution in [1.29, 1.82) is 0 Å². The largest absolute Gasteiger partial charge is 0.478 e. The van der Waals surface area contributed by atoms with Gasteiger partial charge in [0.1, 0.15) is 12.6 Å². The molecule has 98 valence electrons. The van der Waals surface area contributed by atoms with Gasteiger partial charge in [-0.3, -0.25) is 4.79 Å². The highest BCUT2D eigenvalue weighted by molar-refractivity contribution is 5.87. The number of rotatable bonds is 6. The van der Waals surface area contributed by atoms with Gasteiger partial charge < -0.3 is 10.0 Å². The molecule has 0 saturated heterocycles. The highest BCUT2D eigenvalue weighted by Crippen LogP contribution is 2.04. The predicted molar refractivity (Wildman–Crippen MR) is 68.7 cm³/mol. The van der Waals surface area contributed by atoms with Crippen LogP contribution < -0.4 is 4.90 Å². The summed E-state index contributed by atoms with van der Waals surface area (Å²) in [5.41, 5.74) is 1.32. The molecule has 1 aromatic carbocycles. The average Bonchev–Trinajstić information content (AvgIpc) is 2.29. The first-order chi connectivity index (χ1) is 8.45. The van der Waals surface area contributed by atoms with E-state index in [2.05, 4.69) is 0 Å². The van der Waals surface area contributed by atoms with E-state index in [4.69, 9.17) is 5.11 Å². The molecule has 0 fully saturated rings. The van der Waals surface area contributed by atoms with Gasteiger partial charge in [-0.25, -0.2) is 4.79 Å². The lowest BCUT2D eigenvalue weighted by Gasteiger charge is -2.23. The maximum atomic E-state index is 11.0. The summed E-state index contributed by atoms with van der Waals surface area (Å²) in [6.07, 6.45) is 0.992. The molecule has 0 spiro atoms. The first kappa shape index (κ1) is 14.4. The Kier molecular flexibility index (Phi) is 5.04. The summed E-state index contributed by atoms with van der Waals surface area (Å²) < 4.78 is 0. The van der Waals surface area contributed by atoms with Crippen molar-refractivity contribution in [3.05, 3.63) is 35.4 Å². The van der Waals surface area contributed by atoms with E-state index >= 15 is 0 Å². The molecule has 18 heavy (non-hydrogen) atoms. The van der Waals surface area contributed by atoms with Gasteiger partial charge in [-0.2, -0.15) is 0 Å². The van der Waals surface area contributed by atoms with Crippen molar-refractivity contribution in [2.45, 2.75) is 26.4 Å². The monoisotopic (exact) mass is 250 g/mol. The van der Waals surface area contributed by atoms with Crippen LogP contribution in [0, 0.1) is 5.92 Å². The van der Waals surface area contributed by atoms with Gasteiger partial charge in [0.25, 0.3) is 0 Å². The van der Waals surface area contributed by atoms with Crippen LogP contribution in [0.25, 0.3) is 0 Å². The molecule has 0 aliphatic carbocycles. The van der Waals surface area contributed by atoms with Gasteiger partial charge in [0, 0.05) is 11.5 Å². The molecule has 0 aliphatic rings. The minimum atomic E-state index is -0.921. The zero-order chi connectivity index (χ0) is 13.7. The van der Waals surface area contributed by atoms with E-state index in [0.717, 1.165) is 16.7 Å². The number of quaternary nitrogens is 1. The Morgan fingerprint density at radius 1 is 1.33 bits per heavy atom. The third kappa shape index (κ3) is 3.67. The molecule has 1 rings (SSSR count). The molecule has 0 bridgehead atoms. The first-order valence-corrected chi connectivity index (χ1v) is 6.05. The molecule has 4 heteroatoms. The Balaban J connectivity index is 2.72. The summed E-state index contributed by atoms with van der Waals surface area (Å²) in [6.45, 7) is 4.76. The minimum Gasteiger partial charge on any atom is -0.478 e. The number of likely N-dealkylation sites (N-methyl/N-ethyl adjacent to an activating group) is 1. The fourth-order valence-corrected chi connectivity index (χ4v) is 2.05. The van der Waals surface area contributed by atoms with Crippen LogP contribution in [0.4, 0.5) is 0 Å². The second-order valence-corrected chi connectivity index (χ2v) is 4.93. The van der Waals surface area contributed by atoms with Crippen LogP contribution in [0.5, 0.6) is 0 Å². The van der Waals surface area contributed by atoms with Crippen LogP contribution in [0.1, 0.15) is 29.8 Å². The van der Waals surface area contributed by atoms with Gasteiger partial charge in [0.15, 0.2) is 6.29 Å². The van der Waals surface area contributed by atoms with E-state index in [1.165, 1.54) is 0 Å². The Hall–Kier alpha value is -1.68. The van der Waals surface area contributed by atoms with Crippen LogP contribution in [0.3, 0.4) is 0 Å². The Morgan fingerprint density at radius 2 is 1.89 bits per heavy atom. The molecule has 2 N–H and O–H groups in total. The van der Waals surface area contributed by atoms with Crippen LogP contribution in [0.15, 0.2) is 24.3 Å². The van der Waals surface area contributed by atoms with Crippen LogP contribution >= 0.6 is 0 Å². The standard InChI is InChI=1S/C14H19NO3/c1-10(2)13(9-16)15(3)8-11-4-6-12(7-5-11)14(17)18/h4-7,9-10,13H,8H2,1-3H3,(H,17,18)/p+1/t13-/m1/s1. The van der Waals surface area contributed by atoms with Gasteiger partial charge in [0.05, 0.1) is 12.6 Å². The Labute approximate surface area is 107 Å². The van der Waals surface area contributed by atoms with Crippen LogP contribution in [-0.4, -0.2) is 30.5 Å². The number of aromatic carboxylic acids is 1. The van der Waals surface area contributed by atoms with Crippen LogP contribution in [0.2, 0.25) is 0 Å². The van der Waals surface area contributed by atoms with Crippen molar-refractivity contribution in [2.75, 3.05) is 7.05 Å². The molecule has 0 aromatic heterocycles. The predicted octanol–water partition coefficient (Wildman–Crippen LogP) is 0.623. The normalized spacial score (nSPS) is 14.2. The van der Waals surface area contributed by atoms with E-state index in [1.54, 1.807) is 24.3 Å². The van der Waals surface area contributed by atoms with E-state index in [-0.39, 0.29) is 11.6 Å². The summed E-state index contributed by atoms with van der Waals surface area (Å²) >= 11 is 0. The molecule has 0 amide bonds. The molecule has 0 aliphatic heterocycles. The minimum absolute atomic E-state index is 0.0378. The SMILES string of the molecule is CC(C)[C@@H](C=O)[NH+](C)Cc1ccc(C(=O)O)cc1. The number of carboxylic acid groups (broad SMARTS) is 1. The van der Waals surface area contributed by atoms with Gasteiger partial charge in [-0.15, -0.1) is 0 Å². The zero-order valence-electron chi connectivity index (χ0n) is 11.0. The molecule has 2 atom stereocenters. The highest BCUT2D eigenvalue weighted by Gasteiger charge is 2.21. The van der Waals surface area contributed by atoms with E-state index in [1.807, 2.05) is 20.9 Å². The number of carboxylic acids is 1. The van der Waals surface area contributed by atoms with Crippen LogP contribution in [-0.2, 0) is 11.3 Å². The zero-order valence-corrected chi connectivity index (χ0v) is 11.0. The van der Waals surface area contributed by atoms with Gasteiger partial charge in [0.2, 0.25) is 0 Å². The summed E-state index contributed by atoms with van der Waals surface area (Å²) in [4.78, 5) is 22.9. The van der Waals surface area contributed by atoms with Crippen molar-refractivity contribution in [2.24, 2.45) is 5.92 Å². The summed E-state index contributed by atoms with van der Waals surface area (Å²) in [7, 11) is 1.98. The lowest BCUT2D eigenvalue weighted by Crippen LogP contribution is -3.12. The number of nitrogens with one attached hydrogen (secondary N) is 1. The number of carbonyl (C=O) groups is 2. The lowest BCUT2D eigenvalue weighted by molar-refractivity contribution is -0.912. The average molecular weight is 250 g/mol. The third-order valence-electron chi connectivity index (χ3n) is 3.12. The van der Waals surface area contributed by atoms with E-state index in [9.17, 15) is 9.59 Å².